The summed E-state index contributed by atoms with van der Waals surface area (Å²) >= 11 is 1.49. The van der Waals surface area contributed by atoms with Crippen LogP contribution >= 0.6 is 11.3 Å². The Kier molecular flexibility index (Phi) is 5.48. The molecule has 1 fully saturated rings. The number of H-pyrrole nitrogens is 1. The molecule has 1 amide bonds. The van der Waals surface area contributed by atoms with Crippen molar-refractivity contribution >= 4 is 33.0 Å². The number of anilines is 1. The Balaban J connectivity index is 1.56. The van der Waals surface area contributed by atoms with Crippen molar-refractivity contribution in [2.75, 3.05) is 24.7 Å². The fraction of sp³-hybridized carbons (Fsp3) is 0.316. The molecule has 1 aromatic carbocycles. The maximum Gasteiger partial charge on any atom is 0.291 e. The molecule has 1 saturated heterocycles. The molecule has 1 aliphatic rings. The topological polar surface area (TPSA) is 108 Å². The number of carbonyl (C=O) groups is 1. The number of aromatic nitrogens is 3. The molecule has 0 unspecified atom stereocenters. The molecular formula is C19H21N5O3S2. The molecule has 0 radical (unpaired) electrons. The van der Waals surface area contributed by atoms with Crippen molar-refractivity contribution in [3.05, 3.63) is 53.6 Å². The third-order valence-electron chi connectivity index (χ3n) is 4.91. The zero-order valence-corrected chi connectivity index (χ0v) is 17.5. The predicted octanol–water partition coefficient (Wildman–Crippen LogP) is 2.92. The smallest absolute Gasteiger partial charge is 0.291 e. The van der Waals surface area contributed by atoms with Gasteiger partial charge in [0, 0.05) is 42.3 Å². The lowest BCUT2D eigenvalue weighted by molar-refractivity contribution is 0.101. The molecule has 4 rings (SSSR count). The predicted molar refractivity (Wildman–Crippen MR) is 112 cm³/mol. The van der Waals surface area contributed by atoms with Crippen molar-refractivity contribution in [3.8, 4) is 10.6 Å². The molecule has 3 heterocycles. The average molecular weight is 432 g/mol. The summed E-state index contributed by atoms with van der Waals surface area (Å²) in [6, 6.07) is 7.47. The van der Waals surface area contributed by atoms with Crippen LogP contribution in [-0.4, -0.2) is 52.9 Å². The lowest BCUT2D eigenvalue weighted by Crippen LogP contribution is -2.38. The van der Waals surface area contributed by atoms with Gasteiger partial charge in [-0.15, -0.1) is 11.3 Å². The summed E-state index contributed by atoms with van der Waals surface area (Å²) in [5, 5.41) is 5.64. The normalized spacial score (nSPS) is 17.9. The second-order valence-electron chi connectivity index (χ2n) is 6.98. The second kappa shape index (κ2) is 8.05. The minimum atomic E-state index is -3.20. The summed E-state index contributed by atoms with van der Waals surface area (Å²) < 4.78 is 25.3. The molecule has 10 heteroatoms. The van der Waals surface area contributed by atoms with Gasteiger partial charge in [0.05, 0.1) is 17.6 Å². The van der Waals surface area contributed by atoms with Crippen LogP contribution in [-0.2, 0) is 10.0 Å². The number of hydrogen-bond donors (Lipinski definition) is 2. The third kappa shape index (κ3) is 4.39. The van der Waals surface area contributed by atoms with Gasteiger partial charge >= 0.3 is 0 Å². The van der Waals surface area contributed by atoms with E-state index in [1.807, 2.05) is 29.6 Å². The van der Waals surface area contributed by atoms with Crippen LogP contribution in [0.3, 0.4) is 0 Å². The zero-order chi connectivity index (χ0) is 20.4. The maximum absolute atomic E-state index is 12.4. The molecule has 1 aliphatic heterocycles. The quantitative estimate of drug-likeness (QED) is 0.646. The van der Waals surface area contributed by atoms with Crippen molar-refractivity contribution in [2.45, 2.75) is 18.8 Å². The Labute approximate surface area is 173 Å². The molecule has 2 aromatic heterocycles. The number of para-hydroxylation sites is 1. The summed E-state index contributed by atoms with van der Waals surface area (Å²) in [4.78, 5) is 23.9. The summed E-state index contributed by atoms with van der Waals surface area (Å²) in [5.41, 5.74) is 2.36. The number of nitrogens with zero attached hydrogens (tertiary/aromatic N) is 3. The Morgan fingerprint density at radius 1 is 1.34 bits per heavy atom. The standard InChI is InChI=1S/C19H21N5O3S2/c1-29(26,27)24-10-4-5-13(11-24)16-12-28-19(23-16)14-6-2-3-7-15(14)22-18(25)17-20-8-9-21-17/h2-3,6-9,12-13H,4-5,10-11H2,1H3,(H,20,21)(H,22,25)/t13-/m0/s1. The van der Waals surface area contributed by atoms with Crippen molar-refractivity contribution in [2.24, 2.45) is 0 Å². The van der Waals surface area contributed by atoms with Gasteiger partial charge in [0.15, 0.2) is 5.82 Å². The number of piperidine rings is 1. The van der Waals surface area contributed by atoms with E-state index < -0.39 is 10.0 Å². The van der Waals surface area contributed by atoms with Crippen molar-refractivity contribution in [1.82, 2.24) is 19.3 Å². The largest absolute Gasteiger partial charge is 0.341 e. The fourth-order valence-electron chi connectivity index (χ4n) is 3.43. The third-order valence-corrected chi connectivity index (χ3v) is 7.08. The number of rotatable bonds is 5. The van der Waals surface area contributed by atoms with Crippen LogP contribution in [0.5, 0.6) is 0 Å². The van der Waals surface area contributed by atoms with E-state index in [0.29, 0.717) is 18.8 Å². The number of imidazole rings is 1. The van der Waals surface area contributed by atoms with E-state index in [1.165, 1.54) is 28.1 Å². The number of amides is 1. The minimum Gasteiger partial charge on any atom is -0.341 e. The van der Waals surface area contributed by atoms with Crippen LogP contribution in [0.4, 0.5) is 5.69 Å². The van der Waals surface area contributed by atoms with Crippen LogP contribution in [0.2, 0.25) is 0 Å². The minimum absolute atomic E-state index is 0.0772. The molecule has 1 atom stereocenters. The molecule has 152 valence electrons. The maximum atomic E-state index is 12.4. The van der Waals surface area contributed by atoms with Gasteiger partial charge in [-0.2, -0.15) is 0 Å². The van der Waals surface area contributed by atoms with Gasteiger partial charge in [-0.05, 0) is 25.0 Å². The first-order chi connectivity index (χ1) is 13.9. The highest BCUT2D eigenvalue weighted by Gasteiger charge is 2.28. The first kappa shape index (κ1) is 19.7. The van der Waals surface area contributed by atoms with Crippen LogP contribution < -0.4 is 5.32 Å². The summed E-state index contributed by atoms with van der Waals surface area (Å²) in [7, 11) is -3.20. The molecule has 0 aliphatic carbocycles. The van der Waals surface area contributed by atoms with Gasteiger partial charge < -0.3 is 10.3 Å². The molecule has 8 nitrogen and oxygen atoms in total. The van der Waals surface area contributed by atoms with Crippen LogP contribution in [0, 0.1) is 0 Å². The van der Waals surface area contributed by atoms with E-state index in [2.05, 4.69) is 15.3 Å². The fourth-order valence-corrected chi connectivity index (χ4v) is 5.28. The van der Waals surface area contributed by atoms with E-state index in [1.54, 1.807) is 6.20 Å². The van der Waals surface area contributed by atoms with E-state index in [9.17, 15) is 13.2 Å². The lowest BCUT2D eigenvalue weighted by Gasteiger charge is -2.30. The highest BCUT2D eigenvalue weighted by atomic mass is 32.2. The van der Waals surface area contributed by atoms with Gasteiger partial charge in [-0.25, -0.2) is 22.7 Å². The van der Waals surface area contributed by atoms with Crippen molar-refractivity contribution < 1.29 is 13.2 Å². The van der Waals surface area contributed by atoms with Gasteiger partial charge in [0.25, 0.3) is 5.91 Å². The Morgan fingerprint density at radius 2 is 2.17 bits per heavy atom. The number of carbonyl (C=O) groups excluding carboxylic acids is 1. The Bertz CT molecular complexity index is 1110. The first-order valence-corrected chi connectivity index (χ1v) is 12.0. The van der Waals surface area contributed by atoms with Crippen LogP contribution in [0.25, 0.3) is 10.6 Å². The molecule has 0 saturated carbocycles. The van der Waals surface area contributed by atoms with Crippen molar-refractivity contribution in [1.29, 1.82) is 0 Å². The number of benzene rings is 1. The molecule has 29 heavy (non-hydrogen) atoms. The van der Waals surface area contributed by atoms with E-state index in [0.717, 1.165) is 29.1 Å². The molecule has 0 bridgehead atoms. The Morgan fingerprint density at radius 3 is 2.93 bits per heavy atom. The number of hydrogen-bond acceptors (Lipinski definition) is 6. The average Bonchev–Trinajstić information content (AvgIpc) is 3.40. The molecule has 3 aromatic rings. The molecule has 0 spiro atoms. The highest BCUT2D eigenvalue weighted by Crippen LogP contribution is 2.35. The van der Waals surface area contributed by atoms with Crippen LogP contribution in [0.1, 0.15) is 35.1 Å². The molecular weight excluding hydrogens is 410 g/mol. The first-order valence-electron chi connectivity index (χ1n) is 9.22. The number of aromatic amines is 1. The van der Waals surface area contributed by atoms with E-state index in [4.69, 9.17) is 4.98 Å². The summed E-state index contributed by atoms with van der Waals surface area (Å²) in [5.74, 6) is -0.00801. The SMILES string of the molecule is CS(=O)(=O)N1CCC[C@H](c2csc(-c3ccccc3NC(=O)c3ncc[nH]3)n2)C1. The molecule has 2 N–H and O–H groups in total. The van der Waals surface area contributed by atoms with Crippen LogP contribution in [0.15, 0.2) is 42.0 Å². The lowest BCUT2D eigenvalue weighted by atomic mass is 9.97. The van der Waals surface area contributed by atoms with Gasteiger partial charge in [0.1, 0.15) is 5.01 Å². The van der Waals surface area contributed by atoms with Gasteiger partial charge in [-0.1, -0.05) is 12.1 Å². The summed E-state index contributed by atoms with van der Waals surface area (Å²) in [6.07, 6.45) is 6.10. The highest BCUT2D eigenvalue weighted by molar-refractivity contribution is 7.88. The monoisotopic (exact) mass is 431 g/mol. The van der Waals surface area contributed by atoms with E-state index >= 15 is 0 Å². The summed E-state index contributed by atoms with van der Waals surface area (Å²) in [6.45, 7) is 1.02. The second-order valence-corrected chi connectivity index (χ2v) is 9.82. The van der Waals surface area contributed by atoms with E-state index in [-0.39, 0.29) is 17.6 Å². The number of thiazole rings is 1. The van der Waals surface area contributed by atoms with Gasteiger partial charge in [0.2, 0.25) is 10.0 Å². The number of nitrogens with one attached hydrogen (secondary N) is 2. The van der Waals surface area contributed by atoms with Gasteiger partial charge in [-0.3, -0.25) is 4.79 Å². The zero-order valence-electron chi connectivity index (χ0n) is 15.8. The Hall–Kier alpha value is -2.56. The number of sulfonamides is 1. The van der Waals surface area contributed by atoms with Crippen molar-refractivity contribution in [3.63, 3.8) is 0 Å².